The van der Waals surface area contributed by atoms with Crippen molar-refractivity contribution in [3.8, 4) is 0 Å². The summed E-state index contributed by atoms with van der Waals surface area (Å²) in [5, 5.41) is 7.90. The van der Waals surface area contributed by atoms with E-state index in [0.29, 0.717) is 18.9 Å². The van der Waals surface area contributed by atoms with Crippen LogP contribution in [0.3, 0.4) is 0 Å². The summed E-state index contributed by atoms with van der Waals surface area (Å²) in [5.41, 5.74) is 0.953. The average Bonchev–Trinajstić information content (AvgIpc) is 2.53. The lowest BCUT2D eigenvalue weighted by molar-refractivity contribution is -0.116. The first kappa shape index (κ1) is 17.7. The van der Waals surface area contributed by atoms with Crippen LogP contribution in [0.5, 0.6) is 0 Å². The molecule has 0 aromatic heterocycles. The van der Waals surface area contributed by atoms with Crippen LogP contribution in [0.1, 0.15) is 37.7 Å². The summed E-state index contributed by atoms with van der Waals surface area (Å²) in [6, 6.07) is 6.39. The van der Waals surface area contributed by atoms with Crippen LogP contribution >= 0.6 is 0 Å². The van der Waals surface area contributed by atoms with Gasteiger partial charge in [0.05, 0.1) is 4.90 Å². The second kappa shape index (κ2) is 8.26. The Kier molecular flexibility index (Phi) is 6.36. The Morgan fingerprint density at radius 2 is 1.83 bits per heavy atom. The molecule has 0 aliphatic heterocycles. The largest absolute Gasteiger partial charge is 0.352 e. The SMILES string of the molecule is NS(=O)(=O)c1ccc(CCNC(=O)/C=C/C2CCCCC2)cc1. The van der Waals surface area contributed by atoms with Gasteiger partial charge in [-0.25, -0.2) is 13.6 Å². The van der Waals surface area contributed by atoms with Crippen LogP contribution in [0.4, 0.5) is 0 Å². The maximum absolute atomic E-state index is 11.8. The number of primary sulfonamides is 1. The smallest absolute Gasteiger partial charge is 0.243 e. The lowest BCUT2D eigenvalue weighted by atomic mass is 9.89. The van der Waals surface area contributed by atoms with Gasteiger partial charge in [-0.1, -0.05) is 37.5 Å². The fraction of sp³-hybridized carbons (Fsp3) is 0.471. The van der Waals surface area contributed by atoms with Gasteiger partial charge >= 0.3 is 0 Å². The van der Waals surface area contributed by atoms with Gasteiger partial charge in [-0.15, -0.1) is 0 Å². The molecule has 0 spiro atoms. The first-order valence-corrected chi connectivity index (χ1v) is 9.57. The van der Waals surface area contributed by atoms with Gasteiger partial charge in [0, 0.05) is 6.54 Å². The normalized spacial score (nSPS) is 16.6. The highest BCUT2D eigenvalue weighted by Gasteiger charge is 2.10. The number of allylic oxidation sites excluding steroid dienone is 1. The average molecular weight is 336 g/mol. The van der Waals surface area contributed by atoms with Crippen LogP contribution in [0.25, 0.3) is 0 Å². The number of rotatable bonds is 6. The molecule has 5 nitrogen and oxygen atoms in total. The first-order valence-electron chi connectivity index (χ1n) is 8.03. The highest BCUT2D eigenvalue weighted by molar-refractivity contribution is 7.89. The van der Waals surface area contributed by atoms with E-state index in [1.165, 1.54) is 44.2 Å². The molecular weight excluding hydrogens is 312 g/mol. The number of amides is 1. The summed E-state index contributed by atoms with van der Waals surface area (Å²) in [6.45, 7) is 0.516. The number of hydrogen-bond acceptors (Lipinski definition) is 3. The molecule has 23 heavy (non-hydrogen) atoms. The Balaban J connectivity index is 1.73. The molecule has 2 rings (SSSR count). The Hall–Kier alpha value is -1.66. The number of carbonyl (C=O) groups excluding carboxylic acids is 1. The summed E-state index contributed by atoms with van der Waals surface area (Å²) >= 11 is 0. The highest BCUT2D eigenvalue weighted by atomic mass is 32.2. The lowest BCUT2D eigenvalue weighted by Gasteiger charge is -2.17. The van der Waals surface area contributed by atoms with Crippen molar-refractivity contribution in [1.29, 1.82) is 0 Å². The molecule has 1 aliphatic rings. The number of sulfonamides is 1. The van der Waals surface area contributed by atoms with E-state index in [1.807, 2.05) is 6.08 Å². The Morgan fingerprint density at radius 1 is 1.17 bits per heavy atom. The number of carbonyl (C=O) groups is 1. The molecule has 0 radical (unpaired) electrons. The second-order valence-corrected chi connectivity index (χ2v) is 7.55. The molecule has 1 aliphatic carbocycles. The van der Waals surface area contributed by atoms with Crippen LogP contribution < -0.4 is 10.5 Å². The molecule has 6 heteroatoms. The monoisotopic (exact) mass is 336 g/mol. The minimum Gasteiger partial charge on any atom is -0.352 e. The third-order valence-corrected chi connectivity index (χ3v) is 5.06. The number of benzene rings is 1. The third kappa shape index (κ3) is 6.15. The highest BCUT2D eigenvalue weighted by Crippen LogP contribution is 2.24. The number of nitrogens with two attached hydrogens (primary N) is 1. The third-order valence-electron chi connectivity index (χ3n) is 4.13. The van der Waals surface area contributed by atoms with Gasteiger partial charge in [0.2, 0.25) is 15.9 Å². The summed E-state index contributed by atoms with van der Waals surface area (Å²) in [4.78, 5) is 11.9. The van der Waals surface area contributed by atoms with E-state index in [2.05, 4.69) is 5.32 Å². The van der Waals surface area contributed by atoms with Crippen molar-refractivity contribution in [1.82, 2.24) is 5.32 Å². The van der Waals surface area contributed by atoms with E-state index in [4.69, 9.17) is 5.14 Å². The second-order valence-electron chi connectivity index (χ2n) is 5.99. The van der Waals surface area contributed by atoms with E-state index in [-0.39, 0.29) is 10.8 Å². The minimum absolute atomic E-state index is 0.0725. The van der Waals surface area contributed by atoms with Gasteiger partial charge in [-0.2, -0.15) is 0 Å². The van der Waals surface area contributed by atoms with Gasteiger partial charge in [-0.3, -0.25) is 4.79 Å². The van der Waals surface area contributed by atoms with Crippen LogP contribution in [0.2, 0.25) is 0 Å². The van der Waals surface area contributed by atoms with Crippen LogP contribution in [-0.4, -0.2) is 20.9 Å². The van der Waals surface area contributed by atoms with Crippen LogP contribution in [-0.2, 0) is 21.2 Å². The van der Waals surface area contributed by atoms with E-state index in [0.717, 1.165) is 5.56 Å². The van der Waals surface area contributed by atoms with Gasteiger partial charge in [-0.05, 0) is 49.0 Å². The molecule has 1 amide bonds. The first-order chi connectivity index (χ1) is 10.9. The summed E-state index contributed by atoms with van der Waals surface area (Å²) in [6.07, 6.45) is 10.5. The molecule has 1 saturated carbocycles. The van der Waals surface area contributed by atoms with E-state index < -0.39 is 10.0 Å². The summed E-state index contributed by atoms with van der Waals surface area (Å²) in [7, 11) is -3.65. The van der Waals surface area contributed by atoms with Crippen LogP contribution in [0, 0.1) is 5.92 Å². The minimum atomic E-state index is -3.65. The Labute approximate surface area is 138 Å². The predicted molar refractivity (Wildman–Crippen MR) is 90.2 cm³/mol. The van der Waals surface area contributed by atoms with Crippen molar-refractivity contribution in [2.24, 2.45) is 11.1 Å². The molecule has 3 N–H and O–H groups in total. The molecule has 1 aromatic carbocycles. The molecule has 126 valence electrons. The fourth-order valence-electron chi connectivity index (χ4n) is 2.78. The lowest BCUT2D eigenvalue weighted by Crippen LogP contribution is -2.23. The van der Waals surface area contributed by atoms with E-state index >= 15 is 0 Å². The molecule has 0 heterocycles. The Morgan fingerprint density at radius 3 is 2.43 bits per heavy atom. The van der Waals surface area contributed by atoms with E-state index in [9.17, 15) is 13.2 Å². The van der Waals surface area contributed by atoms with Crippen molar-refractivity contribution in [2.75, 3.05) is 6.54 Å². The van der Waals surface area contributed by atoms with Gasteiger partial charge in [0.1, 0.15) is 0 Å². The van der Waals surface area contributed by atoms with Crippen molar-refractivity contribution < 1.29 is 13.2 Å². The molecule has 0 bridgehead atoms. The number of hydrogen-bond donors (Lipinski definition) is 2. The summed E-state index contributed by atoms with van der Waals surface area (Å²) < 4.78 is 22.3. The molecular formula is C17H24N2O3S. The molecule has 1 aromatic rings. The maximum atomic E-state index is 11.8. The predicted octanol–water partition coefficient (Wildman–Crippen LogP) is 2.13. The zero-order valence-corrected chi connectivity index (χ0v) is 14.0. The zero-order chi connectivity index (χ0) is 16.7. The van der Waals surface area contributed by atoms with Gasteiger partial charge in [0.15, 0.2) is 0 Å². The molecule has 1 fully saturated rings. The van der Waals surface area contributed by atoms with Gasteiger partial charge < -0.3 is 5.32 Å². The topological polar surface area (TPSA) is 89.3 Å². The van der Waals surface area contributed by atoms with Crippen molar-refractivity contribution in [3.63, 3.8) is 0 Å². The zero-order valence-electron chi connectivity index (χ0n) is 13.2. The molecule has 0 saturated heterocycles. The number of nitrogens with one attached hydrogen (secondary N) is 1. The maximum Gasteiger partial charge on any atom is 0.243 e. The fourth-order valence-corrected chi connectivity index (χ4v) is 3.30. The quantitative estimate of drug-likeness (QED) is 0.780. The van der Waals surface area contributed by atoms with Crippen LogP contribution in [0.15, 0.2) is 41.3 Å². The Bertz CT molecular complexity index is 645. The standard InChI is InChI=1S/C17H24N2O3S/c18-23(21,22)16-9-6-15(7-10-16)12-13-19-17(20)11-8-14-4-2-1-3-5-14/h6-11,14H,1-5,12-13H2,(H,19,20)(H2,18,21,22)/b11-8+. The molecule has 0 atom stereocenters. The summed E-state index contributed by atoms with van der Waals surface area (Å²) in [5.74, 6) is 0.469. The van der Waals surface area contributed by atoms with Crippen molar-refractivity contribution >= 4 is 15.9 Å². The van der Waals surface area contributed by atoms with Crippen molar-refractivity contribution in [2.45, 2.75) is 43.4 Å². The van der Waals surface area contributed by atoms with Crippen molar-refractivity contribution in [3.05, 3.63) is 42.0 Å². The van der Waals surface area contributed by atoms with E-state index in [1.54, 1.807) is 18.2 Å². The van der Waals surface area contributed by atoms with Gasteiger partial charge in [0.25, 0.3) is 0 Å². The molecule has 0 unspecified atom stereocenters.